The summed E-state index contributed by atoms with van der Waals surface area (Å²) < 4.78 is 26.6. The van der Waals surface area contributed by atoms with E-state index in [0.29, 0.717) is 12.5 Å². The van der Waals surface area contributed by atoms with E-state index in [2.05, 4.69) is 10.1 Å². The van der Waals surface area contributed by atoms with Gasteiger partial charge in [0.2, 0.25) is 10.0 Å². The third-order valence-corrected chi connectivity index (χ3v) is 7.05. The molecule has 1 aromatic rings. The van der Waals surface area contributed by atoms with Crippen molar-refractivity contribution in [3.05, 3.63) is 16.2 Å². The topological polar surface area (TPSA) is 127 Å². The summed E-state index contributed by atoms with van der Waals surface area (Å²) >= 11 is 2.54. The van der Waals surface area contributed by atoms with Gasteiger partial charge in [-0.1, -0.05) is 11.3 Å². The number of anilines is 1. The molecule has 4 N–H and O–H groups in total. The van der Waals surface area contributed by atoms with Gasteiger partial charge in [0.05, 0.1) is 4.92 Å². The molecule has 2 heterocycles. The third kappa shape index (κ3) is 3.41. The maximum absolute atomic E-state index is 12.1. The third-order valence-electron chi connectivity index (χ3n) is 2.87. The summed E-state index contributed by atoms with van der Waals surface area (Å²) in [5, 5.41) is 10.8. The number of thioether (sulfide) groups is 1. The summed E-state index contributed by atoms with van der Waals surface area (Å²) in [6.45, 7) is 0.354. The van der Waals surface area contributed by atoms with Crippen LogP contribution in [0, 0.1) is 16.0 Å². The monoisotopic (exact) mass is 338 g/mol. The summed E-state index contributed by atoms with van der Waals surface area (Å²) in [5.41, 5.74) is 1.81. The van der Waals surface area contributed by atoms with Crippen molar-refractivity contribution in [2.24, 2.45) is 11.8 Å². The fraction of sp³-hybridized carbons (Fsp3) is 0.556. The van der Waals surface area contributed by atoms with Crippen LogP contribution in [0.25, 0.3) is 0 Å². The molecular weight excluding hydrogens is 324 g/mol. The molecular formula is C9H14N4O4S3. The van der Waals surface area contributed by atoms with Crippen molar-refractivity contribution in [2.75, 3.05) is 23.5 Å². The van der Waals surface area contributed by atoms with Crippen LogP contribution in [0.5, 0.6) is 0 Å². The number of rotatable bonds is 6. The van der Waals surface area contributed by atoms with Crippen molar-refractivity contribution >= 4 is 43.8 Å². The second kappa shape index (κ2) is 6.26. The van der Waals surface area contributed by atoms with Crippen LogP contribution in [0.4, 0.5) is 10.7 Å². The minimum absolute atomic E-state index is 0.0202. The first kappa shape index (κ1) is 15.5. The molecule has 0 spiro atoms. The molecule has 0 saturated carbocycles. The second-order valence-electron chi connectivity index (χ2n) is 4.26. The van der Waals surface area contributed by atoms with Crippen LogP contribution < -0.4 is 16.0 Å². The Bertz CT molecular complexity index is 594. The van der Waals surface area contributed by atoms with E-state index in [1.165, 1.54) is 0 Å². The number of hydrogen-bond donors (Lipinski definition) is 3. The summed E-state index contributed by atoms with van der Waals surface area (Å²) in [7, 11) is -3.73. The van der Waals surface area contributed by atoms with Gasteiger partial charge < -0.3 is 5.43 Å². The number of nitrogens with one attached hydrogen (secondary N) is 2. The van der Waals surface area contributed by atoms with Gasteiger partial charge in [-0.05, 0) is 23.8 Å². The number of nitrogens with zero attached hydrogens (tertiary/aromatic N) is 1. The number of thiophene rings is 1. The maximum Gasteiger partial charge on any atom is 0.306 e. The van der Waals surface area contributed by atoms with Crippen molar-refractivity contribution in [2.45, 2.75) is 10.6 Å². The lowest BCUT2D eigenvalue weighted by Crippen LogP contribution is -2.28. The van der Waals surface area contributed by atoms with E-state index in [9.17, 15) is 18.5 Å². The molecule has 1 aliphatic heterocycles. The lowest BCUT2D eigenvalue weighted by atomic mass is 10.1. The van der Waals surface area contributed by atoms with Gasteiger partial charge >= 0.3 is 5.69 Å². The second-order valence-corrected chi connectivity index (χ2v) is 8.46. The molecule has 0 aliphatic carbocycles. The highest BCUT2D eigenvalue weighted by molar-refractivity contribution is 7.99. The average Bonchev–Trinajstić information content (AvgIpc) is 3.05. The zero-order chi connectivity index (χ0) is 14.8. The Morgan fingerprint density at radius 2 is 2.30 bits per heavy atom. The van der Waals surface area contributed by atoms with Crippen LogP contribution in [-0.2, 0) is 10.0 Å². The lowest BCUT2D eigenvalue weighted by molar-refractivity contribution is -0.383. The number of nitrogens with two attached hydrogens (primary N) is 1. The van der Waals surface area contributed by atoms with Gasteiger partial charge in [0.25, 0.3) is 0 Å². The minimum Gasteiger partial charge on any atom is -0.310 e. The molecule has 1 unspecified atom stereocenters. The first-order valence-electron chi connectivity index (χ1n) is 5.76. The molecule has 8 nitrogen and oxygen atoms in total. The van der Waals surface area contributed by atoms with Gasteiger partial charge in [0.1, 0.15) is 4.21 Å². The van der Waals surface area contributed by atoms with Crippen LogP contribution in [0.1, 0.15) is 6.42 Å². The van der Waals surface area contributed by atoms with Crippen LogP contribution in [-0.4, -0.2) is 31.4 Å². The SMILES string of the molecule is NNc1sc(S(=O)(=O)NCC2CCSC2)cc1[N+](=O)[O-]. The molecule has 0 amide bonds. The van der Waals surface area contributed by atoms with Gasteiger partial charge in [-0.15, -0.1) is 0 Å². The van der Waals surface area contributed by atoms with Gasteiger partial charge in [-0.25, -0.2) is 19.0 Å². The molecule has 1 atom stereocenters. The Kier molecular flexibility index (Phi) is 4.86. The summed E-state index contributed by atoms with van der Waals surface area (Å²) in [5.74, 6) is 7.45. The standard InChI is InChI=1S/C9H14N4O4S3/c10-12-9-7(13(14)15)3-8(19-9)20(16,17)11-4-6-1-2-18-5-6/h3,6,11-12H,1-2,4-5,10H2. The van der Waals surface area contributed by atoms with Gasteiger partial charge in [0, 0.05) is 12.6 Å². The van der Waals surface area contributed by atoms with Gasteiger partial charge in [0.15, 0.2) is 5.00 Å². The van der Waals surface area contributed by atoms with Crippen LogP contribution >= 0.6 is 23.1 Å². The highest BCUT2D eigenvalue weighted by atomic mass is 32.2. The van der Waals surface area contributed by atoms with Crippen molar-refractivity contribution in [3.63, 3.8) is 0 Å². The summed E-state index contributed by atoms with van der Waals surface area (Å²) in [6, 6.07) is 1.02. The molecule has 2 rings (SSSR count). The fourth-order valence-corrected chi connectivity index (χ4v) is 5.46. The largest absolute Gasteiger partial charge is 0.310 e. The highest BCUT2D eigenvalue weighted by Gasteiger charge is 2.27. The van der Waals surface area contributed by atoms with Gasteiger partial charge in [-0.3, -0.25) is 10.1 Å². The Morgan fingerprint density at radius 1 is 1.55 bits per heavy atom. The van der Waals surface area contributed by atoms with Crippen molar-refractivity contribution in [3.8, 4) is 0 Å². The van der Waals surface area contributed by atoms with Crippen LogP contribution in [0.2, 0.25) is 0 Å². The zero-order valence-corrected chi connectivity index (χ0v) is 12.8. The molecule has 20 heavy (non-hydrogen) atoms. The Labute approximate surface area is 124 Å². The molecule has 0 radical (unpaired) electrons. The average molecular weight is 338 g/mol. The molecule has 1 fully saturated rings. The number of hydrazine groups is 1. The Balaban J connectivity index is 2.14. The van der Waals surface area contributed by atoms with E-state index in [1.54, 1.807) is 11.8 Å². The maximum atomic E-state index is 12.1. The molecule has 1 saturated heterocycles. The first-order chi connectivity index (χ1) is 9.44. The van der Waals surface area contributed by atoms with E-state index in [1.807, 2.05) is 0 Å². The fourth-order valence-electron chi connectivity index (χ4n) is 1.77. The predicted molar refractivity (Wildman–Crippen MR) is 79.4 cm³/mol. The lowest BCUT2D eigenvalue weighted by Gasteiger charge is -2.09. The molecule has 112 valence electrons. The minimum atomic E-state index is -3.73. The first-order valence-corrected chi connectivity index (χ1v) is 9.21. The summed E-state index contributed by atoms with van der Waals surface area (Å²) in [6.07, 6.45) is 0.980. The molecule has 1 aliphatic rings. The van der Waals surface area contributed by atoms with Gasteiger partial charge in [-0.2, -0.15) is 11.8 Å². The normalized spacial score (nSPS) is 19.1. The van der Waals surface area contributed by atoms with E-state index >= 15 is 0 Å². The van der Waals surface area contributed by atoms with E-state index in [-0.39, 0.29) is 14.9 Å². The smallest absolute Gasteiger partial charge is 0.306 e. The Morgan fingerprint density at radius 3 is 2.80 bits per heavy atom. The van der Waals surface area contributed by atoms with Crippen LogP contribution in [0.3, 0.4) is 0 Å². The zero-order valence-electron chi connectivity index (χ0n) is 10.4. The van der Waals surface area contributed by atoms with Crippen molar-refractivity contribution in [1.29, 1.82) is 0 Å². The van der Waals surface area contributed by atoms with Crippen LogP contribution in [0.15, 0.2) is 10.3 Å². The Hall–Kier alpha value is -0.880. The highest BCUT2D eigenvalue weighted by Crippen LogP contribution is 2.36. The number of sulfonamides is 1. The molecule has 0 bridgehead atoms. The number of nitrogen functional groups attached to an aromatic ring is 1. The number of nitro groups is 1. The summed E-state index contributed by atoms with van der Waals surface area (Å²) in [4.78, 5) is 10.1. The van der Waals surface area contributed by atoms with E-state index in [0.717, 1.165) is 35.3 Å². The number of hydrogen-bond acceptors (Lipinski definition) is 8. The molecule has 11 heteroatoms. The quantitative estimate of drug-likeness (QED) is 0.400. The van der Waals surface area contributed by atoms with E-state index in [4.69, 9.17) is 5.84 Å². The van der Waals surface area contributed by atoms with Crippen molar-refractivity contribution in [1.82, 2.24) is 4.72 Å². The van der Waals surface area contributed by atoms with E-state index < -0.39 is 14.9 Å². The molecule has 1 aromatic heterocycles. The molecule has 0 aromatic carbocycles. The predicted octanol–water partition coefficient (Wildman–Crippen LogP) is 0.973. The van der Waals surface area contributed by atoms with Crippen molar-refractivity contribution < 1.29 is 13.3 Å².